The van der Waals surface area contributed by atoms with Crippen LogP contribution in [0.25, 0.3) is 0 Å². The molecule has 0 aliphatic rings. The Morgan fingerprint density at radius 3 is 1.93 bits per heavy atom. The monoisotopic (exact) mass is 260 g/mol. The number of rotatable bonds is 8. The Kier molecular flexibility index (Phi) is 6.51. The summed E-state index contributed by atoms with van der Waals surface area (Å²) < 4.78 is 48.1. The molecule has 0 bridgehead atoms. The van der Waals surface area contributed by atoms with Crippen molar-refractivity contribution in [3.8, 4) is 0 Å². The number of hydrogen-bond donors (Lipinski definition) is 1. The van der Waals surface area contributed by atoms with Gasteiger partial charge in [0.15, 0.2) is 0 Å². The van der Waals surface area contributed by atoms with E-state index in [-0.39, 0.29) is 6.61 Å². The molecule has 0 fully saturated rings. The molecule has 92 valence electrons. The number of hydrogen-bond acceptors (Lipinski definition) is 6. The van der Waals surface area contributed by atoms with Gasteiger partial charge in [-0.25, -0.2) is 4.18 Å². The second-order valence-electron chi connectivity index (χ2n) is 2.65. The van der Waals surface area contributed by atoms with E-state index in [1.807, 2.05) is 0 Å². The molecule has 1 N–H and O–H groups in total. The fourth-order valence-electron chi connectivity index (χ4n) is 1.01. The Bertz CT molecular complexity index is 252. The quantitative estimate of drug-likeness (QED) is 0.375. The smallest absolute Gasteiger partial charge is 0.377 e. The van der Waals surface area contributed by atoms with Crippen LogP contribution in [0.4, 0.5) is 0 Å². The minimum atomic E-state index is -4.37. The van der Waals surface area contributed by atoms with Crippen molar-refractivity contribution < 1.29 is 30.4 Å². The Morgan fingerprint density at radius 1 is 1.13 bits per heavy atom. The average molecular weight is 260 g/mol. The topological polar surface area (TPSA) is 91.3 Å². The first-order valence-corrected chi connectivity index (χ1v) is 7.46. The summed E-state index contributed by atoms with van der Waals surface area (Å²) in [6.07, 6.45) is 0.349. The molecule has 0 saturated carbocycles. The maximum Gasteiger partial charge on any atom is 0.500 e. The van der Waals surface area contributed by atoms with Gasteiger partial charge in [0, 0.05) is 27.4 Å². The summed E-state index contributed by atoms with van der Waals surface area (Å²) in [6.45, 7) is -0.135. The highest BCUT2D eigenvalue weighted by molar-refractivity contribution is 7.80. The standard InChI is InChI=1S/C6H16O7SSi/c1-10-15(11-2,12-3)6-4-5-13-14(7,8)9/h4-6H2,1-3H3,(H,7,8,9). The van der Waals surface area contributed by atoms with Crippen LogP contribution in [0.1, 0.15) is 6.42 Å². The molecular weight excluding hydrogens is 244 g/mol. The molecule has 0 saturated heterocycles. The molecule has 0 radical (unpaired) electrons. The van der Waals surface area contributed by atoms with E-state index in [1.54, 1.807) is 0 Å². The van der Waals surface area contributed by atoms with Crippen LogP contribution in [0.2, 0.25) is 6.04 Å². The van der Waals surface area contributed by atoms with E-state index in [0.29, 0.717) is 12.5 Å². The third-order valence-electron chi connectivity index (χ3n) is 1.79. The van der Waals surface area contributed by atoms with Crippen molar-refractivity contribution in [2.24, 2.45) is 0 Å². The first-order chi connectivity index (χ1) is 6.89. The Labute approximate surface area is 90.6 Å². The molecule has 7 nitrogen and oxygen atoms in total. The van der Waals surface area contributed by atoms with E-state index in [0.717, 1.165) is 0 Å². The Hall–Kier alpha value is -0.0331. The van der Waals surface area contributed by atoms with Gasteiger partial charge >= 0.3 is 19.2 Å². The van der Waals surface area contributed by atoms with Crippen LogP contribution < -0.4 is 0 Å². The molecule has 0 amide bonds. The molecule has 0 aliphatic carbocycles. The molecule has 0 heterocycles. The second-order valence-corrected chi connectivity index (χ2v) is 6.83. The largest absolute Gasteiger partial charge is 0.500 e. The second kappa shape index (κ2) is 6.53. The van der Waals surface area contributed by atoms with E-state index in [4.69, 9.17) is 17.8 Å². The third-order valence-corrected chi connectivity index (χ3v) is 5.09. The van der Waals surface area contributed by atoms with E-state index < -0.39 is 19.2 Å². The molecule has 0 atom stereocenters. The van der Waals surface area contributed by atoms with Gasteiger partial charge in [-0.15, -0.1) is 0 Å². The molecule has 0 aromatic carbocycles. The van der Waals surface area contributed by atoms with Gasteiger partial charge in [0.25, 0.3) is 0 Å². The van der Waals surface area contributed by atoms with Crippen molar-refractivity contribution in [1.29, 1.82) is 0 Å². The van der Waals surface area contributed by atoms with E-state index in [2.05, 4.69) is 4.18 Å². The average Bonchev–Trinajstić information content (AvgIpc) is 2.18. The molecule has 0 aromatic heterocycles. The van der Waals surface area contributed by atoms with Crippen molar-refractivity contribution >= 4 is 19.2 Å². The highest BCUT2D eigenvalue weighted by atomic mass is 32.3. The van der Waals surface area contributed by atoms with Crippen LogP contribution in [0.15, 0.2) is 0 Å². The summed E-state index contributed by atoms with van der Waals surface area (Å²) in [5.41, 5.74) is 0. The van der Waals surface area contributed by atoms with Gasteiger partial charge in [0.2, 0.25) is 0 Å². The third kappa shape index (κ3) is 6.20. The van der Waals surface area contributed by atoms with Gasteiger partial charge < -0.3 is 13.3 Å². The van der Waals surface area contributed by atoms with Gasteiger partial charge in [-0.1, -0.05) is 0 Å². The van der Waals surface area contributed by atoms with Crippen LogP contribution in [-0.2, 0) is 27.9 Å². The molecular formula is C6H16O7SSi. The lowest BCUT2D eigenvalue weighted by Crippen LogP contribution is -2.42. The fraction of sp³-hybridized carbons (Fsp3) is 1.00. The minimum absolute atomic E-state index is 0.135. The van der Waals surface area contributed by atoms with Gasteiger partial charge in [-0.2, -0.15) is 8.42 Å². The van der Waals surface area contributed by atoms with Crippen LogP contribution in [-0.4, -0.2) is 49.7 Å². The minimum Gasteiger partial charge on any atom is -0.377 e. The zero-order valence-corrected chi connectivity index (χ0v) is 10.7. The van der Waals surface area contributed by atoms with Crippen molar-refractivity contribution in [3.63, 3.8) is 0 Å². The molecule has 9 heteroatoms. The van der Waals surface area contributed by atoms with Crippen LogP contribution in [0.5, 0.6) is 0 Å². The lowest BCUT2D eigenvalue weighted by atomic mass is 10.5. The van der Waals surface area contributed by atoms with Crippen LogP contribution in [0, 0.1) is 0 Å². The lowest BCUT2D eigenvalue weighted by Gasteiger charge is -2.23. The van der Waals surface area contributed by atoms with Gasteiger partial charge in [0.05, 0.1) is 6.61 Å². The predicted molar refractivity (Wildman–Crippen MR) is 53.7 cm³/mol. The Balaban J connectivity index is 3.92. The maximum atomic E-state index is 10.2. The van der Waals surface area contributed by atoms with Crippen molar-refractivity contribution in [2.45, 2.75) is 12.5 Å². The van der Waals surface area contributed by atoms with Gasteiger partial charge in [-0.05, 0) is 6.42 Å². The highest BCUT2D eigenvalue weighted by Gasteiger charge is 2.36. The van der Waals surface area contributed by atoms with E-state index in [9.17, 15) is 8.42 Å². The van der Waals surface area contributed by atoms with E-state index >= 15 is 0 Å². The summed E-state index contributed by atoms with van der Waals surface area (Å²) in [4.78, 5) is 0. The molecule has 0 spiro atoms. The Morgan fingerprint density at radius 2 is 1.60 bits per heavy atom. The fourth-order valence-corrected chi connectivity index (χ4v) is 3.03. The molecule has 0 unspecified atom stereocenters. The highest BCUT2D eigenvalue weighted by Crippen LogP contribution is 2.14. The van der Waals surface area contributed by atoms with Crippen LogP contribution >= 0.6 is 0 Å². The molecule has 0 rings (SSSR count). The summed E-state index contributed by atoms with van der Waals surface area (Å²) in [5, 5.41) is 0. The lowest BCUT2D eigenvalue weighted by molar-refractivity contribution is 0.120. The summed E-state index contributed by atoms with van der Waals surface area (Å²) in [7, 11) is -2.66. The molecule has 0 aliphatic heterocycles. The zero-order valence-electron chi connectivity index (χ0n) is 8.93. The normalized spacial score (nSPS) is 13.1. The van der Waals surface area contributed by atoms with E-state index in [1.165, 1.54) is 21.3 Å². The SMILES string of the molecule is CO[Si](CCCOS(=O)(=O)O)(OC)OC. The van der Waals surface area contributed by atoms with Crippen molar-refractivity contribution in [2.75, 3.05) is 27.9 Å². The zero-order chi connectivity index (χ0) is 11.9. The van der Waals surface area contributed by atoms with Crippen LogP contribution in [0.3, 0.4) is 0 Å². The van der Waals surface area contributed by atoms with Gasteiger partial charge in [-0.3, -0.25) is 4.55 Å². The molecule has 0 aromatic rings. The summed E-state index contributed by atoms with van der Waals surface area (Å²) in [6, 6.07) is 0.409. The van der Waals surface area contributed by atoms with Crippen molar-refractivity contribution in [1.82, 2.24) is 0 Å². The summed E-state index contributed by atoms with van der Waals surface area (Å²) in [5.74, 6) is 0. The predicted octanol–water partition coefficient (Wildman–Crippen LogP) is 0.0740. The van der Waals surface area contributed by atoms with Gasteiger partial charge in [0.1, 0.15) is 0 Å². The molecule has 15 heavy (non-hydrogen) atoms. The first-order valence-electron chi connectivity index (χ1n) is 4.16. The summed E-state index contributed by atoms with van der Waals surface area (Å²) >= 11 is 0. The maximum absolute atomic E-state index is 10.2. The van der Waals surface area contributed by atoms with Crippen molar-refractivity contribution in [3.05, 3.63) is 0 Å². The first kappa shape index (κ1) is 15.0.